The summed E-state index contributed by atoms with van der Waals surface area (Å²) in [6.07, 6.45) is 1.76. The van der Waals surface area contributed by atoms with Gasteiger partial charge in [0.25, 0.3) is 0 Å². The lowest BCUT2D eigenvalue weighted by atomic mass is 9.99. The van der Waals surface area contributed by atoms with Gasteiger partial charge >= 0.3 is 0 Å². The van der Waals surface area contributed by atoms with Crippen molar-refractivity contribution in [2.24, 2.45) is 11.7 Å². The standard InChI is InChI=1S/C28H43N3O5S2.ClH/c1-21(2)14-16-38(34,35)31(25(28(29)33)13-15-37-4)26(18-22-9-6-5-7-10-22)27(32)20-30-19-23-11-8-12-24(17-23)36-3;/h5-12,17,21,25-27,30,32H,13-16,18-20H2,1-4H3,(H2,29,33);1H/t25-,26-,27+;/m0./s1. The molecule has 0 unspecified atom stereocenters. The summed E-state index contributed by atoms with van der Waals surface area (Å²) in [6.45, 7) is 4.49. The number of carbonyl (C=O) groups excluding carboxylic acids is 1. The number of primary amides is 1. The first-order valence-electron chi connectivity index (χ1n) is 12.9. The molecule has 1 amide bonds. The third-order valence-corrected chi connectivity index (χ3v) is 8.94. The number of methoxy groups -OCH3 is 1. The largest absolute Gasteiger partial charge is 0.497 e. The van der Waals surface area contributed by atoms with E-state index >= 15 is 0 Å². The van der Waals surface area contributed by atoms with Gasteiger partial charge in [0.2, 0.25) is 15.9 Å². The zero-order valence-corrected chi connectivity index (χ0v) is 25.7. The molecule has 220 valence electrons. The molecule has 0 saturated carbocycles. The number of thioether (sulfide) groups is 1. The molecule has 0 aromatic heterocycles. The number of hydrogen-bond acceptors (Lipinski definition) is 7. The first kappa shape index (κ1) is 35.2. The molecule has 2 aromatic rings. The fourth-order valence-corrected chi connectivity index (χ4v) is 6.94. The SMILES string of the molecule is COc1cccc(CNC[C@@H](O)[C@H](Cc2ccccc2)N([C@@H](CCSC)C(N)=O)S(=O)(=O)CCC(C)C)c1.Cl. The summed E-state index contributed by atoms with van der Waals surface area (Å²) in [5.74, 6) is 0.621. The van der Waals surface area contributed by atoms with Gasteiger partial charge < -0.3 is 20.9 Å². The highest BCUT2D eigenvalue weighted by atomic mass is 35.5. The van der Waals surface area contributed by atoms with Gasteiger partial charge in [-0.05, 0) is 60.4 Å². The number of amides is 1. The van der Waals surface area contributed by atoms with Crippen molar-refractivity contribution in [2.75, 3.05) is 31.4 Å². The van der Waals surface area contributed by atoms with Crippen LogP contribution in [0.15, 0.2) is 54.6 Å². The number of aliphatic hydroxyl groups excluding tert-OH is 1. The van der Waals surface area contributed by atoms with Gasteiger partial charge in [-0.15, -0.1) is 12.4 Å². The Labute approximate surface area is 244 Å². The summed E-state index contributed by atoms with van der Waals surface area (Å²) in [5.41, 5.74) is 7.63. The van der Waals surface area contributed by atoms with E-state index in [0.717, 1.165) is 16.9 Å². The second-order valence-electron chi connectivity index (χ2n) is 9.83. The molecule has 39 heavy (non-hydrogen) atoms. The van der Waals surface area contributed by atoms with Crippen molar-refractivity contribution in [3.05, 3.63) is 65.7 Å². The quantitative estimate of drug-likeness (QED) is 0.239. The smallest absolute Gasteiger partial charge is 0.235 e. The third kappa shape index (κ3) is 11.7. The van der Waals surface area contributed by atoms with Gasteiger partial charge in [0.15, 0.2) is 0 Å². The van der Waals surface area contributed by atoms with Crippen LogP contribution in [0.3, 0.4) is 0 Å². The molecule has 0 aliphatic rings. The average Bonchev–Trinajstić information content (AvgIpc) is 2.89. The Kier molecular flexibility index (Phi) is 16.1. The summed E-state index contributed by atoms with van der Waals surface area (Å²) in [5, 5.41) is 14.7. The van der Waals surface area contributed by atoms with Crippen LogP contribution >= 0.6 is 24.2 Å². The second-order valence-corrected chi connectivity index (χ2v) is 12.8. The Morgan fingerprint density at radius 3 is 2.36 bits per heavy atom. The van der Waals surface area contributed by atoms with Crippen LogP contribution in [0.25, 0.3) is 0 Å². The van der Waals surface area contributed by atoms with Crippen LogP contribution in [0.2, 0.25) is 0 Å². The van der Waals surface area contributed by atoms with Gasteiger partial charge in [-0.1, -0.05) is 56.3 Å². The van der Waals surface area contributed by atoms with Crippen molar-refractivity contribution in [2.45, 2.75) is 57.8 Å². The predicted octanol–water partition coefficient (Wildman–Crippen LogP) is 3.46. The van der Waals surface area contributed by atoms with E-state index in [9.17, 15) is 18.3 Å². The lowest BCUT2D eigenvalue weighted by Gasteiger charge is -2.38. The van der Waals surface area contributed by atoms with E-state index in [4.69, 9.17) is 10.5 Å². The minimum absolute atomic E-state index is 0. The van der Waals surface area contributed by atoms with Crippen molar-refractivity contribution in [3.63, 3.8) is 0 Å². The van der Waals surface area contributed by atoms with E-state index in [1.807, 2.05) is 74.7 Å². The zero-order valence-electron chi connectivity index (χ0n) is 23.3. The van der Waals surface area contributed by atoms with Crippen molar-refractivity contribution in [1.82, 2.24) is 9.62 Å². The number of nitrogens with two attached hydrogens (primary N) is 1. The number of benzene rings is 2. The van der Waals surface area contributed by atoms with Gasteiger partial charge in [-0.25, -0.2) is 8.42 Å². The third-order valence-electron chi connectivity index (χ3n) is 6.38. The van der Waals surface area contributed by atoms with Crippen LogP contribution in [-0.4, -0.2) is 73.3 Å². The van der Waals surface area contributed by atoms with Crippen molar-refractivity contribution in [1.29, 1.82) is 0 Å². The molecule has 0 aliphatic carbocycles. The Morgan fingerprint density at radius 2 is 1.77 bits per heavy atom. The van der Waals surface area contributed by atoms with E-state index in [1.54, 1.807) is 7.11 Å². The predicted molar refractivity (Wildman–Crippen MR) is 163 cm³/mol. The number of ether oxygens (including phenoxy) is 1. The van der Waals surface area contributed by atoms with Crippen LogP contribution in [0.5, 0.6) is 5.75 Å². The minimum atomic E-state index is -3.92. The van der Waals surface area contributed by atoms with Crippen LogP contribution in [0.4, 0.5) is 0 Å². The Bertz CT molecular complexity index is 1090. The molecule has 0 radical (unpaired) electrons. The average molecular weight is 602 g/mol. The van der Waals surface area contributed by atoms with Crippen molar-refractivity contribution in [3.8, 4) is 5.75 Å². The van der Waals surface area contributed by atoms with Crippen LogP contribution < -0.4 is 15.8 Å². The Balaban J connectivity index is 0.00000760. The number of nitrogens with zero attached hydrogens (tertiary/aromatic N) is 1. The molecular weight excluding hydrogens is 558 g/mol. The molecule has 0 bridgehead atoms. The van der Waals surface area contributed by atoms with Gasteiger partial charge in [-0.3, -0.25) is 4.79 Å². The molecule has 0 heterocycles. The number of halogens is 1. The highest BCUT2D eigenvalue weighted by Gasteiger charge is 2.41. The van der Waals surface area contributed by atoms with E-state index in [-0.39, 0.29) is 43.5 Å². The lowest BCUT2D eigenvalue weighted by Crippen LogP contribution is -2.59. The highest BCUT2D eigenvalue weighted by Crippen LogP contribution is 2.24. The Morgan fingerprint density at radius 1 is 1.10 bits per heavy atom. The normalized spacial score (nSPS) is 14.0. The molecule has 2 rings (SSSR count). The monoisotopic (exact) mass is 601 g/mol. The van der Waals surface area contributed by atoms with E-state index in [1.165, 1.54) is 16.1 Å². The molecule has 3 atom stereocenters. The molecule has 0 saturated heterocycles. The number of hydrogen-bond donors (Lipinski definition) is 3. The molecule has 8 nitrogen and oxygen atoms in total. The molecule has 0 aliphatic heterocycles. The number of rotatable bonds is 18. The number of carbonyl (C=O) groups is 1. The molecule has 11 heteroatoms. The molecule has 4 N–H and O–H groups in total. The number of nitrogens with one attached hydrogen (secondary N) is 1. The topological polar surface area (TPSA) is 122 Å². The molecule has 0 fully saturated rings. The van der Waals surface area contributed by atoms with E-state index in [0.29, 0.717) is 18.7 Å². The zero-order chi connectivity index (χ0) is 28.1. The van der Waals surface area contributed by atoms with E-state index < -0.39 is 34.1 Å². The fraction of sp³-hybridized carbons (Fsp3) is 0.536. The first-order chi connectivity index (χ1) is 18.1. The van der Waals surface area contributed by atoms with Crippen molar-refractivity contribution < 1.29 is 23.1 Å². The molecule has 0 spiro atoms. The van der Waals surface area contributed by atoms with Gasteiger partial charge in [0, 0.05) is 13.1 Å². The Hall–Kier alpha value is -1.82. The van der Waals surface area contributed by atoms with Gasteiger partial charge in [0.1, 0.15) is 11.8 Å². The van der Waals surface area contributed by atoms with Crippen molar-refractivity contribution >= 4 is 40.1 Å². The minimum Gasteiger partial charge on any atom is -0.497 e. The van der Waals surface area contributed by atoms with Crippen LogP contribution in [-0.2, 0) is 27.8 Å². The summed E-state index contributed by atoms with van der Waals surface area (Å²) < 4.78 is 34.1. The second kappa shape index (κ2) is 17.8. The number of aliphatic hydroxyl groups is 1. The van der Waals surface area contributed by atoms with Gasteiger partial charge in [-0.2, -0.15) is 16.1 Å². The summed E-state index contributed by atoms with van der Waals surface area (Å²) in [6, 6.07) is 15.1. The summed E-state index contributed by atoms with van der Waals surface area (Å²) in [4.78, 5) is 12.7. The lowest BCUT2D eigenvalue weighted by molar-refractivity contribution is -0.122. The van der Waals surface area contributed by atoms with Crippen LogP contribution in [0.1, 0.15) is 37.8 Å². The fourth-order valence-electron chi connectivity index (χ4n) is 4.28. The van der Waals surface area contributed by atoms with Crippen LogP contribution in [0, 0.1) is 5.92 Å². The number of sulfonamides is 1. The highest BCUT2D eigenvalue weighted by molar-refractivity contribution is 7.98. The first-order valence-corrected chi connectivity index (χ1v) is 15.9. The summed E-state index contributed by atoms with van der Waals surface area (Å²) >= 11 is 1.52. The van der Waals surface area contributed by atoms with E-state index in [2.05, 4.69) is 5.32 Å². The molecule has 2 aromatic carbocycles. The van der Waals surface area contributed by atoms with Gasteiger partial charge in [0.05, 0.1) is 25.0 Å². The summed E-state index contributed by atoms with van der Waals surface area (Å²) in [7, 11) is -2.32. The maximum absolute atomic E-state index is 13.8. The maximum Gasteiger partial charge on any atom is 0.235 e. The maximum atomic E-state index is 13.8. The molecular formula is C28H44ClN3O5S2.